The fourth-order valence-electron chi connectivity index (χ4n) is 3.76. The van der Waals surface area contributed by atoms with Gasteiger partial charge in [0.2, 0.25) is 0 Å². The number of rotatable bonds is 16. The van der Waals surface area contributed by atoms with E-state index in [-0.39, 0.29) is 17.9 Å². The summed E-state index contributed by atoms with van der Waals surface area (Å²) in [6.45, 7) is 7.19. The average molecular weight is 573 g/mol. The summed E-state index contributed by atoms with van der Waals surface area (Å²) in [6.07, 6.45) is 7.26. The van der Waals surface area contributed by atoms with Gasteiger partial charge < -0.3 is 18.9 Å². The van der Waals surface area contributed by atoms with Crippen molar-refractivity contribution in [2.24, 2.45) is 5.92 Å². The zero-order chi connectivity index (χ0) is 30.2. The number of benzene rings is 3. The molecule has 0 heterocycles. The standard InChI is InChI=1S/C35H40O7/c1-4-6-23-40-33(36)22-11-27-9-12-28(13-10-27)29-14-20-32(21-15-29)42-35(38)30-16-18-31(19-17-30)39-24-7-8-25-41-34(37)26(3)5-2/h9-22,26H,4-8,23-25H2,1-3H3/b22-11+. The molecule has 0 aliphatic rings. The predicted octanol–water partition coefficient (Wildman–Crippen LogP) is 7.68. The van der Waals surface area contributed by atoms with Gasteiger partial charge in [0.05, 0.1) is 31.3 Å². The molecule has 7 heteroatoms. The highest BCUT2D eigenvalue weighted by Crippen LogP contribution is 2.24. The third-order valence-electron chi connectivity index (χ3n) is 6.62. The molecule has 0 aliphatic heterocycles. The Kier molecular flexibility index (Phi) is 13.3. The van der Waals surface area contributed by atoms with E-state index in [2.05, 4.69) is 0 Å². The minimum Gasteiger partial charge on any atom is -0.494 e. The Bertz CT molecular complexity index is 1290. The number of ether oxygens (including phenoxy) is 4. The summed E-state index contributed by atoms with van der Waals surface area (Å²) in [5.74, 6) is 0.0721. The number of carbonyl (C=O) groups excluding carboxylic acids is 3. The van der Waals surface area contributed by atoms with Crippen LogP contribution in [-0.4, -0.2) is 37.7 Å². The fourth-order valence-corrected chi connectivity index (χ4v) is 3.76. The lowest BCUT2D eigenvalue weighted by Crippen LogP contribution is -2.15. The quantitative estimate of drug-likeness (QED) is 0.0753. The van der Waals surface area contributed by atoms with Crippen molar-refractivity contribution in [1.29, 1.82) is 0 Å². The molecule has 0 bridgehead atoms. The van der Waals surface area contributed by atoms with Gasteiger partial charge in [-0.1, -0.05) is 63.6 Å². The van der Waals surface area contributed by atoms with Crippen LogP contribution in [0.5, 0.6) is 11.5 Å². The Labute approximate surface area is 248 Å². The van der Waals surface area contributed by atoms with Crippen molar-refractivity contribution in [1.82, 2.24) is 0 Å². The second-order valence-corrected chi connectivity index (χ2v) is 9.95. The molecule has 0 spiro atoms. The van der Waals surface area contributed by atoms with Gasteiger partial charge in [-0.25, -0.2) is 9.59 Å². The Morgan fingerprint density at radius 2 is 1.31 bits per heavy atom. The maximum atomic E-state index is 12.6. The first-order valence-electron chi connectivity index (χ1n) is 14.6. The number of esters is 3. The van der Waals surface area contributed by atoms with Gasteiger partial charge in [0.15, 0.2) is 0 Å². The molecule has 0 aromatic heterocycles. The third kappa shape index (κ3) is 10.9. The molecule has 0 aliphatic carbocycles. The number of hydrogen-bond acceptors (Lipinski definition) is 7. The maximum absolute atomic E-state index is 12.6. The van der Waals surface area contributed by atoms with Crippen molar-refractivity contribution in [2.45, 2.75) is 52.9 Å². The first kappa shape index (κ1) is 32.1. The summed E-state index contributed by atoms with van der Waals surface area (Å²) in [5.41, 5.74) is 3.28. The van der Waals surface area contributed by atoms with Gasteiger partial charge in [0, 0.05) is 6.08 Å². The first-order chi connectivity index (χ1) is 20.4. The summed E-state index contributed by atoms with van der Waals surface area (Å²) in [5, 5.41) is 0. The minimum absolute atomic E-state index is 0.0707. The molecule has 7 nitrogen and oxygen atoms in total. The Morgan fingerprint density at radius 1 is 0.714 bits per heavy atom. The summed E-state index contributed by atoms with van der Waals surface area (Å²) < 4.78 is 21.6. The van der Waals surface area contributed by atoms with Crippen LogP contribution in [-0.2, 0) is 19.1 Å². The highest BCUT2D eigenvalue weighted by molar-refractivity contribution is 5.91. The van der Waals surface area contributed by atoms with Gasteiger partial charge in [-0.05, 0) is 84.8 Å². The van der Waals surface area contributed by atoms with E-state index in [1.165, 1.54) is 6.08 Å². The second-order valence-electron chi connectivity index (χ2n) is 9.95. The van der Waals surface area contributed by atoms with Crippen LogP contribution in [0.1, 0.15) is 68.8 Å². The van der Waals surface area contributed by atoms with Crippen molar-refractivity contribution in [3.63, 3.8) is 0 Å². The van der Waals surface area contributed by atoms with Crippen molar-refractivity contribution in [3.05, 3.63) is 90.0 Å². The van der Waals surface area contributed by atoms with Crippen molar-refractivity contribution >= 4 is 24.0 Å². The molecule has 0 radical (unpaired) electrons. The monoisotopic (exact) mass is 572 g/mol. The number of hydrogen-bond donors (Lipinski definition) is 0. The molecule has 0 saturated carbocycles. The molecule has 0 fully saturated rings. The van der Waals surface area contributed by atoms with E-state index in [4.69, 9.17) is 18.9 Å². The lowest BCUT2D eigenvalue weighted by molar-refractivity contribution is -0.148. The van der Waals surface area contributed by atoms with Gasteiger partial charge in [-0.3, -0.25) is 4.79 Å². The predicted molar refractivity (Wildman–Crippen MR) is 163 cm³/mol. The average Bonchev–Trinajstić information content (AvgIpc) is 3.02. The van der Waals surface area contributed by atoms with Crippen LogP contribution in [0.4, 0.5) is 0 Å². The highest BCUT2D eigenvalue weighted by atomic mass is 16.5. The second kappa shape index (κ2) is 17.4. The SMILES string of the molecule is CCCCOC(=O)/C=C/c1ccc(-c2ccc(OC(=O)c3ccc(OCCCCOC(=O)C(C)CC)cc3)cc2)cc1. The zero-order valence-corrected chi connectivity index (χ0v) is 24.7. The van der Waals surface area contributed by atoms with Crippen molar-refractivity contribution in [3.8, 4) is 22.6 Å². The van der Waals surface area contributed by atoms with Crippen LogP contribution in [0.25, 0.3) is 17.2 Å². The van der Waals surface area contributed by atoms with Gasteiger partial charge in [0.25, 0.3) is 0 Å². The van der Waals surface area contributed by atoms with Crippen LogP contribution >= 0.6 is 0 Å². The van der Waals surface area contributed by atoms with E-state index in [1.54, 1.807) is 42.5 Å². The molecule has 222 valence electrons. The summed E-state index contributed by atoms with van der Waals surface area (Å²) in [7, 11) is 0. The topological polar surface area (TPSA) is 88.1 Å². The Hall–Kier alpha value is -4.39. The van der Waals surface area contributed by atoms with E-state index in [1.807, 2.05) is 57.2 Å². The lowest BCUT2D eigenvalue weighted by Gasteiger charge is -2.10. The molecule has 42 heavy (non-hydrogen) atoms. The third-order valence-corrected chi connectivity index (χ3v) is 6.62. The number of unbranched alkanes of at least 4 members (excludes halogenated alkanes) is 2. The summed E-state index contributed by atoms with van der Waals surface area (Å²) >= 11 is 0. The largest absolute Gasteiger partial charge is 0.494 e. The molecule has 1 unspecified atom stereocenters. The van der Waals surface area contributed by atoms with Crippen LogP contribution < -0.4 is 9.47 Å². The Balaban J connectivity index is 1.42. The first-order valence-corrected chi connectivity index (χ1v) is 14.6. The van der Waals surface area contributed by atoms with Gasteiger partial charge in [-0.2, -0.15) is 0 Å². The lowest BCUT2D eigenvalue weighted by atomic mass is 10.0. The van der Waals surface area contributed by atoms with Crippen LogP contribution in [0.2, 0.25) is 0 Å². The fraction of sp³-hybridized carbons (Fsp3) is 0.343. The van der Waals surface area contributed by atoms with Crippen LogP contribution in [0.15, 0.2) is 78.9 Å². The molecule has 3 rings (SSSR count). The molecular formula is C35H40O7. The summed E-state index contributed by atoms with van der Waals surface area (Å²) in [6, 6.07) is 21.9. The molecule has 1 atom stereocenters. The van der Waals surface area contributed by atoms with Crippen LogP contribution in [0, 0.1) is 5.92 Å². The minimum atomic E-state index is -0.457. The van der Waals surface area contributed by atoms with E-state index in [9.17, 15) is 14.4 Å². The van der Waals surface area contributed by atoms with Crippen LogP contribution in [0.3, 0.4) is 0 Å². The van der Waals surface area contributed by atoms with Crippen molar-refractivity contribution in [2.75, 3.05) is 19.8 Å². The maximum Gasteiger partial charge on any atom is 0.343 e. The van der Waals surface area contributed by atoms with E-state index < -0.39 is 5.97 Å². The smallest absolute Gasteiger partial charge is 0.343 e. The van der Waals surface area contributed by atoms with E-state index in [0.29, 0.717) is 36.9 Å². The summed E-state index contributed by atoms with van der Waals surface area (Å²) in [4.78, 5) is 36.0. The van der Waals surface area contributed by atoms with Crippen molar-refractivity contribution < 1.29 is 33.3 Å². The Morgan fingerprint density at radius 3 is 1.95 bits per heavy atom. The molecule has 3 aromatic rings. The zero-order valence-electron chi connectivity index (χ0n) is 24.7. The molecule has 0 amide bonds. The van der Waals surface area contributed by atoms with E-state index >= 15 is 0 Å². The normalized spacial score (nSPS) is 11.6. The number of carbonyl (C=O) groups is 3. The molecule has 0 N–H and O–H groups in total. The molecule has 0 saturated heterocycles. The van der Waals surface area contributed by atoms with E-state index in [0.717, 1.165) is 48.8 Å². The molecular weight excluding hydrogens is 532 g/mol. The highest BCUT2D eigenvalue weighted by Gasteiger charge is 2.12. The van der Waals surface area contributed by atoms with Gasteiger partial charge in [-0.15, -0.1) is 0 Å². The molecule has 3 aromatic carbocycles. The van der Waals surface area contributed by atoms with Gasteiger partial charge >= 0.3 is 17.9 Å². The van der Waals surface area contributed by atoms with Gasteiger partial charge in [0.1, 0.15) is 11.5 Å².